The Bertz CT molecular complexity index is 954. The summed E-state index contributed by atoms with van der Waals surface area (Å²) >= 11 is 0. The van der Waals surface area contributed by atoms with Gasteiger partial charge in [0.1, 0.15) is 11.2 Å². The normalized spacial score (nSPS) is 20.5. The standard InChI is InChI=1S/C16H14F3N3O4/c1-8-2-3-12-20-4-9(14(24)22(12)5-8)13(23)21-6-10(15(25)26)11(7-21)16(17,18)19/h2-5,10-11H,6-7H2,1H3,(H,25,26)/t10-,11-/m1/s1. The number of hydrogen-bond acceptors (Lipinski definition) is 4. The summed E-state index contributed by atoms with van der Waals surface area (Å²) in [5.74, 6) is -6.54. The summed E-state index contributed by atoms with van der Waals surface area (Å²) < 4.78 is 40.3. The van der Waals surface area contributed by atoms with Crippen molar-refractivity contribution in [3.05, 3.63) is 46.0 Å². The Balaban J connectivity index is 1.97. The molecule has 2 aromatic heterocycles. The first kappa shape index (κ1) is 17.9. The van der Waals surface area contributed by atoms with Crippen molar-refractivity contribution in [2.45, 2.75) is 13.1 Å². The second-order valence-electron chi connectivity index (χ2n) is 6.21. The average molecular weight is 369 g/mol. The highest BCUT2D eigenvalue weighted by Crippen LogP contribution is 2.38. The summed E-state index contributed by atoms with van der Waals surface area (Å²) in [7, 11) is 0. The topological polar surface area (TPSA) is 92.0 Å². The minimum absolute atomic E-state index is 0.287. The van der Waals surface area contributed by atoms with Crippen LogP contribution in [0, 0.1) is 18.8 Å². The van der Waals surface area contributed by atoms with Crippen molar-refractivity contribution < 1.29 is 27.9 Å². The zero-order valence-electron chi connectivity index (χ0n) is 13.5. The summed E-state index contributed by atoms with van der Waals surface area (Å²) in [6, 6.07) is 3.29. The number of alkyl halides is 3. The first-order chi connectivity index (χ1) is 12.1. The minimum Gasteiger partial charge on any atom is -0.481 e. The highest BCUT2D eigenvalue weighted by Gasteiger charge is 2.53. The number of amides is 1. The molecule has 0 unspecified atom stereocenters. The Morgan fingerprint density at radius 1 is 1.27 bits per heavy atom. The smallest absolute Gasteiger partial charge is 0.394 e. The average Bonchev–Trinajstić information content (AvgIpc) is 3.01. The van der Waals surface area contributed by atoms with Gasteiger partial charge in [0, 0.05) is 25.5 Å². The molecule has 3 heterocycles. The van der Waals surface area contributed by atoms with Crippen LogP contribution in [0.4, 0.5) is 13.2 Å². The van der Waals surface area contributed by atoms with Gasteiger partial charge in [0.2, 0.25) is 0 Å². The highest BCUT2D eigenvalue weighted by atomic mass is 19.4. The first-order valence-corrected chi connectivity index (χ1v) is 7.66. The molecule has 3 rings (SSSR count). The number of nitrogens with zero attached hydrogens (tertiary/aromatic N) is 3. The van der Waals surface area contributed by atoms with Gasteiger partial charge >= 0.3 is 12.1 Å². The van der Waals surface area contributed by atoms with E-state index in [9.17, 15) is 27.6 Å². The monoisotopic (exact) mass is 369 g/mol. The Morgan fingerprint density at radius 2 is 1.96 bits per heavy atom. The molecule has 0 spiro atoms. The summed E-state index contributed by atoms with van der Waals surface area (Å²) in [5.41, 5.74) is -0.100. The SMILES string of the molecule is Cc1ccc2ncc(C(=O)N3C[C@@H](C(F)(F)F)[C@H](C(=O)O)C3)c(=O)n2c1. The van der Waals surface area contributed by atoms with E-state index in [1.165, 1.54) is 6.20 Å². The van der Waals surface area contributed by atoms with Crippen molar-refractivity contribution in [3.63, 3.8) is 0 Å². The van der Waals surface area contributed by atoms with E-state index in [-0.39, 0.29) is 5.65 Å². The first-order valence-electron chi connectivity index (χ1n) is 7.66. The zero-order valence-corrected chi connectivity index (χ0v) is 13.5. The number of aliphatic carboxylic acids is 1. The summed E-state index contributed by atoms with van der Waals surface area (Å²) in [5, 5.41) is 9.03. The van der Waals surface area contributed by atoms with Crippen LogP contribution in [0.25, 0.3) is 5.65 Å². The molecule has 0 aliphatic carbocycles. The number of carbonyl (C=O) groups is 2. The molecule has 1 aliphatic rings. The lowest BCUT2D eigenvalue weighted by Crippen LogP contribution is -2.36. The van der Waals surface area contributed by atoms with Crippen LogP contribution in [0.15, 0.2) is 29.3 Å². The number of aryl methyl sites for hydroxylation is 1. The second kappa shape index (κ2) is 6.11. The van der Waals surface area contributed by atoms with E-state index in [2.05, 4.69) is 4.98 Å². The molecular formula is C16H14F3N3O4. The Morgan fingerprint density at radius 3 is 2.54 bits per heavy atom. The molecule has 2 atom stereocenters. The number of carboxylic acid groups (broad SMARTS) is 1. The van der Waals surface area contributed by atoms with Gasteiger partial charge in [0.05, 0.1) is 11.8 Å². The third-order valence-corrected chi connectivity index (χ3v) is 4.43. The molecule has 1 aliphatic heterocycles. The van der Waals surface area contributed by atoms with Crippen molar-refractivity contribution in [1.82, 2.24) is 14.3 Å². The molecule has 138 valence electrons. The van der Waals surface area contributed by atoms with Gasteiger partial charge < -0.3 is 10.0 Å². The minimum atomic E-state index is -4.76. The van der Waals surface area contributed by atoms with Gasteiger partial charge in [-0.2, -0.15) is 13.2 Å². The van der Waals surface area contributed by atoms with Crippen LogP contribution in [0.3, 0.4) is 0 Å². The van der Waals surface area contributed by atoms with E-state index in [0.29, 0.717) is 0 Å². The molecule has 0 radical (unpaired) electrons. The number of pyridine rings is 1. The largest absolute Gasteiger partial charge is 0.481 e. The van der Waals surface area contributed by atoms with Crippen LogP contribution >= 0.6 is 0 Å². The van der Waals surface area contributed by atoms with Gasteiger partial charge in [-0.1, -0.05) is 6.07 Å². The maximum absolute atomic E-state index is 13.1. The predicted octanol–water partition coefficient (Wildman–Crippen LogP) is 1.34. The number of carbonyl (C=O) groups excluding carboxylic acids is 1. The lowest BCUT2D eigenvalue weighted by molar-refractivity contribution is -0.187. The van der Waals surface area contributed by atoms with Gasteiger partial charge in [0.25, 0.3) is 11.5 Å². The molecule has 0 bridgehead atoms. The zero-order chi connectivity index (χ0) is 19.2. The lowest BCUT2D eigenvalue weighted by atomic mass is 9.96. The summed E-state index contributed by atoms with van der Waals surface area (Å²) in [6.45, 7) is 0.301. The quantitative estimate of drug-likeness (QED) is 0.863. The van der Waals surface area contributed by atoms with Crippen LogP contribution in [-0.2, 0) is 4.79 Å². The Hall–Kier alpha value is -2.91. The molecular weight excluding hydrogens is 355 g/mol. The van der Waals surface area contributed by atoms with E-state index in [1.807, 2.05) is 0 Å². The van der Waals surface area contributed by atoms with Crippen molar-refractivity contribution >= 4 is 17.5 Å². The van der Waals surface area contributed by atoms with Crippen molar-refractivity contribution in [2.24, 2.45) is 11.8 Å². The molecule has 0 saturated carbocycles. The van der Waals surface area contributed by atoms with Gasteiger partial charge in [0.15, 0.2) is 0 Å². The molecule has 1 fully saturated rings. The molecule has 1 N–H and O–H groups in total. The highest BCUT2D eigenvalue weighted by molar-refractivity contribution is 5.94. The number of hydrogen-bond donors (Lipinski definition) is 1. The van der Waals surface area contributed by atoms with E-state index in [0.717, 1.165) is 21.1 Å². The molecule has 1 amide bonds. The van der Waals surface area contributed by atoms with Gasteiger partial charge in [-0.05, 0) is 18.6 Å². The van der Waals surface area contributed by atoms with Crippen LogP contribution in [0.2, 0.25) is 0 Å². The van der Waals surface area contributed by atoms with Crippen LogP contribution < -0.4 is 5.56 Å². The number of rotatable bonds is 2. The van der Waals surface area contributed by atoms with Crippen molar-refractivity contribution in [1.29, 1.82) is 0 Å². The number of aromatic nitrogens is 2. The molecule has 0 aromatic carbocycles. The predicted molar refractivity (Wildman–Crippen MR) is 82.8 cm³/mol. The number of fused-ring (bicyclic) bond motifs is 1. The van der Waals surface area contributed by atoms with Crippen molar-refractivity contribution in [3.8, 4) is 0 Å². The molecule has 26 heavy (non-hydrogen) atoms. The van der Waals surface area contributed by atoms with Gasteiger partial charge in [-0.15, -0.1) is 0 Å². The molecule has 10 heteroatoms. The van der Waals surface area contributed by atoms with Gasteiger partial charge in [-0.25, -0.2) is 4.98 Å². The summed E-state index contributed by atoms with van der Waals surface area (Å²) in [4.78, 5) is 40.9. The maximum Gasteiger partial charge on any atom is 0.394 e. The second-order valence-corrected chi connectivity index (χ2v) is 6.21. The van der Waals surface area contributed by atoms with Gasteiger partial charge in [-0.3, -0.25) is 18.8 Å². The van der Waals surface area contributed by atoms with Crippen LogP contribution in [0.1, 0.15) is 15.9 Å². The number of likely N-dealkylation sites (tertiary alicyclic amines) is 1. The summed E-state index contributed by atoms with van der Waals surface area (Å²) in [6.07, 6.45) is -2.29. The van der Waals surface area contributed by atoms with E-state index >= 15 is 0 Å². The third-order valence-electron chi connectivity index (χ3n) is 4.43. The van der Waals surface area contributed by atoms with E-state index < -0.39 is 54.1 Å². The fraction of sp³-hybridized carbons (Fsp3) is 0.375. The van der Waals surface area contributed by atoms with E-state index in [4.69, 9.17) is 5.11 Å². The lowest BCUT2D eigenvalue weighted by Gasteiger charge is -2.18. The Labute approximate surface area is 144 Å². The molecule has 2 aromatic rings. The fourth-order valence-electron chi connectivity index (χ4n) is 3.05. The van der Waals surface area contributed by atoms with Crippen LogP contribution in [0.5, 0.6) is 0 Å². The molecule has 7 nitrogen and oxygen atoms in total. The molecule has 1 saturated heterocycles. The Kier molecular flexibility index (Phi) is 4.21. The third kappa shape index (κ3) is 3.02. The fourth-order valence-corrected chi connectivity index (χ4v) is 3.05. The maximum atomic E-state index is 13.1. The number of carboxylic acids is 1. The van der Waals surface area contributed by atoms with Crippen molar-refractivity contribution in [2.75, 3.05) is 13.1 Å². The van der Waals surface area contributed by atoms with E-state index in [1.54, 1.807) is 19.1 Å². The van der Waals surface area contributed by atoms with Crippen LogP contribution in [-0.4, -0.2) is 50.5 Å². The number of halogens is 3.